The van der Waals surface area contributed by atoms with Gasteiger partial charge in [0.1, 0.15) is 0 Å². The standard InChI is InChI=1S/C11H14NOP.C4H10.C2H6/c1-7-5-4-6-9(8(7)2)10(14)11(13)12-3;1-3-4-2;1-2/h4-6,14H,1-3H3,(H,12,13);3-4H2,1-2H3;1-2H3. The Hall–Kier alpha value is -1.14. The Morgan fingerprint density at radius 1 is 1.15 bits per heavy atom. The van der Waals surface area contributed by atoms with Crippen molar-refractivity contribution >= 4 is 20.1 Å². The predicted molar refractivity (Wildman–Crippen MR) is 94.3 cm³/mol. The maximum Gasteiger partial charge on any atom is 0.255 e. The predicted octanol–water partition coefficient (Wildman–Crippen LogP) is 4.55. The van der Waals surface area contributed by atoms with E-state index in [1.54, 1.807) is 7.05 Å². The Morgan fingerprint density at radius 3 is 2.05 bits per heavy atom. The first-order valence-electron chi connectivity index (χ1n) is 7.36. The van der Waals surface area contributed by atoms with Crippen molar-refractivity contribution in [2.75, 3.05) is 7.05 Å². The molecule has 0 aliphatic rings. The molecule has 1 N–H and O–H groups in total. The molecule has 2 nitrogen and oxygen atoms in total. The second-order valence-electron chi connectivity index (χ2n) is 4.20. The van der Waals surface area contributed by atoms with Gasteiger partial charge in [-0.25, -0.2) is 0 Å². The summed E-state index contributed by atoms with van der Waals surface area (Å²) in [6.07, 6.45) is 2.64. The molecule has 0 aromatic heterocycles. The van der Waals surface area contributed by atoms with Crippen LogP contribution in [0.4, 0.5) is 0 Å². The highest BCUT2D eigenvalue weighted by Gasteiger charge is 2.10. The van der Waals surface area contributed by atoms with Crippen LogP contribution in [0.2, 0.25) is 0 Å². The average molecular weight is 295 g/mol. The number of amides is 1. The summed E-state index contributed by atoms with van der Waals surface area (Å²) in [6.45, 7) is 12.4. The Balaban J connectivity index is 0. The van der Waals surface area contributed by atoms with E-state index >= 15 is 0 Å². The third-order valence-corrected chi connectivity index (χ3v) is 3.32. The smallest absolute Gasteiger partial charge is 0.255 e. The molecule has 1 aromatic rings. The van der Waals surface area contributed by atoms with Crippen molar-refractivity contribution in [2.45, 2.75) is 54.4 Å². The SMILES string of the molecule is CC.CCCC.CNC(=O)C(=P)c1cccc(C)c1C. The van der Waals surface area contributed by atoms with Crippen molar-refractivity contribution in [3.8, 4) is 0 Å². The Bertz CT molecular complexity index is 411. The fraction of sp³-hybridized carbons (Fsp3) is 0.529. The molecule has 0 atom stereocenters. The largest absolute Gasteiger partial charge is 0.355 e. The number of benzene rings is 1. The highest BCUT2D eigenvalue weighted by atomic mass is 31.0. The van der Waals surface area contributed by atoms with Crippen LogP contribution >= 0.6 is 8.86 Å². The Morgan fingerprint density at radius 2 is 1.65 bits per heavy atom. The highest BCUT2D eigenvalue weighted by Crippen LogP contribution is 2.14. The van der Waals surface area contributed by atoms with E-state index in [2.05, 4.69) is 28.0 Å². The van der Waals surface area contributed by atoms with E-state index < -0.39 is 0 Å². The van der Waals surface area contributed by atoms with E-state index in [0.29, 0.717) is 5.29 Å². The third kappa shape index (κ3) is 7.45. The number of hydrogen-bond donors (Lipinski definition) is 1. The lowest BCUT2D eigenvalue weighted by atomic mass is 10.0. The third-order valence-electron chi connectivity index (χ3n) is 2.83. The number of rotatable bonds is 3. The van der Waals surface area contributed by atoms with E-state index in [0.717, 1.165) is 11.1 Å². The van der Waals surface area contributed by atoms with Crippen molar-refractivity contribution in [3.05, 3.63) is 34.9 Å². The molecule has 0 heterocycles. The molecule has 0 saturated carbocycles. The van der Waals surface area contributed by atoms with Gasteiger partial charge in [0.05, 0.1) is 5.29 Å². The zero-order valence-corrected chi connectivity index (χ0v) is 15.1. The lowest BCUT2D eigenvalue weighted by Crippen LogP contribution is -2.27. The van der Waals surface area contributed by atoms with E-state index in [9.17, 15) is 4.79 Å². The maximum absolute atomic E-state index is 11.4. The Kier molecular flexibility index (Phi) is 13.6. The molecule has 0 bridgehead atoms. The minimum atomic E-state index is -0.102. The van der Waals surface area contributed by atoms with Gasteiger partial charge in [0, 0.05) is 7.05 Å². The van der Waals surface area contributed by atoms with Crippen LogP contribution in [-0.4, -0.2) is 18.2 Å². The molecule has 0 unspecified atom stereocenters. The average Bonchev–Trinajstić information content (AvgIpc) is 2.50. The van der Waals surface area contributed by atoms with Gasteiger partial charge in [-0.15, -0.1) is 8.86 Å². The second-order valence-corrected chi connectivity index (χ2v) is 4.70. The molecular formula is C17H30NOP. The second kappa shape index (κ2) is 12.9. The van der Waals surface area contributed by atoms with E-state index in [4.69, 9.17) is 0 Å². The van der Waals surface area contributed by atoms with Gasteiger partial charge in [-0.2, -0.15) is 0 Å². The Labute approximate surface area is 127 Å². The van der Waals surface area contributed by atoms with Crippen LogP contribution in [0.1, 0.15) is 57.2 Å². The van der Waals surface area contributed by atoms with Gasteiger partial charge in [0.25, 0.3) is 5.91 Å². The molecule has 0 aliphatic carbocycles. The molecule has 1 aromatic carbocycles. The molecule has 20 heavy (non-hydrogen) atoms. The van der Waals surface area contributed by atoms with Crippen LogP contribution in [0.15, 0.2) is 18.2 Å². The molecule has 1 rings (SSSR count). The summed E-state index contributed by atoms with van der Waals surface area (Å²) in [5.41, 5.74) is 3.25. The molecule has 0 fully saturated rings. The molecule has 0 saturated heterocycles. The van der Waals surface area contributed by atoms with Crippen molar-refractivity contribution in [1.82, 2.24) is 5.32 Å². The normalized spacial score (nSPS) is 8.55. The minimum Gasteiger partial charge on any atom is -0.355 e. The van der Waals surface area contributed by atoms with Crippen LogP contribution in [0.3, 0.4) is 0 Å². The van der Waals surface area contributed by atoms with Gasteiger partial charge in [-0.3, -0.25) is 4.79 Å². The first-order valence-corrected chi connectivity index (χ1v) is 7.86. The number of hydrogen-bond acceptors (Lipinski definition) is 1. The molecule has 114 valence electrons. The summed E-state index contributed by atoms with van der Waals surface area (Å²) in [5, 5.41) is 3.16. The van der Waals surface area contributed by atoms with Gasteiger partial charge >= 0.3 is 0 Å². The fourth-order valence-corrected chi connectivity index (χ4v) is 1.67. The number of carbonyl (C=O) groups is 1. The first kappa shape index (κ1) is 21.2. The van der Waals surface area contributed by atoms with Crippen LogP contribution in [0.5, 0.6) is 0 Å². The number of nitrogens with one attached hydrogen (secondary N) is 1. The van der Waals surface area contributed by atoms with Crippen molar-refractivity contribution in [2.24, 2.45) is 0 Å². The number of carbonyl (C=O) groups excluding carboxylic acids is 1. The van der Waals surface area contributed by atoms with Crippen molar-refractivity contribution in [3.63, 3.8) is 0 Å². The topological polar surface area (TPSA) is 29.1 Å². The van der Waals surface area contributed by atoms with Crippen LogP contribution in [0.25, 0.3) is 0 Å². The van der Waals surface area contributed by atoms with Gasteiger partial charge in [0.15, 0.2) is 0 Å². The number of unbranched alkanes of at least 4 members (excludes halogenated alkanes) is 1. The maximum atomic E-state index is 11.4. The van der Waals surface area contributed by atoms with Crippen LogP contribution in [0, 0.1) is 13.8 Å². The van der Waals surface area contributed by atoms with Gasteiger partial charge in [0.2, 0.25) is 0 Å². The van der Waals surface area contributed by atoms with Gasteiger partial charge in [-0.1, -0.05) is 58.7 Å². The zero-order chi connectivity index (χ0) is 16.1. The molecule has 0 spiro atoms. The van der Waals surface area contributed by atoms with Crippen molar-refractivity contribution < 1.29 is 4.79 Å². The number of likely N-dealkylation sites (N-methyl/N-ethyl adjacent to an activating group) is 1. The van der Waals surface area contributed by atoms with Crippen LogP contribution in [-0.2, 0) is 4.79 Å². The van der Waals surface area contributed by atoms with Gasteiger partial charge < -0.3 is 5.32 Å². The van der Waals surface area contributed by atoms with Crippen LogP contribution < -0.4 is 5.32 Å². The van der Waals surface area contributed by atoms with Gasteiger partial charge in [-0.05, 0) is 30.5 Å². The van der Waals surface area contributed by atoms with E-state index in [1.807, 2.05) is 45.9 Å². The summed E-state index contributed by atoms with van der Waals surface area (Å²) in [6, 6.07) is 5.91. The quantitative estimate of drug-likeness (QED) is 0.815. The van der Waals surface area contributed by atoms with E-state index in [1.165, 1.54) is 18.4 Å². The lowest BCUT2D eigenvalue weighted by Gasteiger charge is -2.09. The zero-order valence-electron chi connectivity index (χ0n) is 14.1. The molecular weight excluding hydrogens is 265 g/mol. The van der Waals surface area contributed by atoms with E-state index in [-0.39, 0.29) is 5.91 Å². The monoisotopic (exact) mass is 295 g/mol. The fourth-order valence-electron chi connectivity index (χ4n) is 1.27. The summed E-state index contributed by atoms with van der Waals surface area (Å²) < 4.78 is 0. The summed E-state index contributed by atoms with van der Waals surface area (Å²) in [4.78, 5) is 11.4. The lowest BCUT2D eigenvalue weighted by molar-refractivity contribution is -0.114. The van der Waals surface area contributed by atoms with Crippen molar-refractivity contribution in [1.29, 1.82) is 0 Å². The molecule has 0 radical (unpaired) electrons. The summed E-state index contributed by atoms with van der Waals surface area (Å²) in [5.74, 6) is -0.102. The molecule has 1 amide bonds. The summed E-state index contributed by atoms with van der Waals surface area (Å²) >= 11 is 0. The molecule has 0 aliphatic heterocycles. The first-order chi connectivity index (χ1) is 9.49. The summed E-state index contributed by atoms with van der Waals surface area (Å²) in [7, 11) is 4.97. The molecule has 3 heteroatoms. The highest BCUT2D eigenvalue weighted by molar-refractivity contribution is 7.26. The minimum absolute atomic E-state index is 0.102. The number of aryl methyl sites for hydroxylation is 1.